The number of nitrogens with zero attached hydrogens (tertiary/aromatic N) is 1. The fourth-order valence-corrected chi connectivity index (χ4v) is 2.65. The smallest absolute Gasteiger partial charge is 0.0464 e. The lowest BCUT2D eigenvalue weighted by atomic mass is 10.1. The highest BCUT2D eigenvalue weighted by molar-refractivity contribution is 6.31. The van der Waals surface area contributed by atoms with Gasteiger partial charge in [0.15, 0.2) is 0 Å². The Morgan fingerprint density at radius 3 is 1.59 bits per heavy atom. The Balaban J connectivity index is 2.13. The topological polar surface area (TPSA) is 3.24 Å². The average molecular weight is 328 g/mol. The zero-order valence-corrected chi connectivity index (χ0v) is 13.6. The van der Waals surface area contributed by atoms with Crippen LogP contribution in [0.4, 0.5) is 17.1 Å². The Labute approximate surface area is 140 Å². The summed E-state index contributed by atoms with van der Waals surface area (Å²) < 4.78 is 0. The number of anilines is 3. The number of halogens is 2. The molecule has 0 N–H and O–H groups in total. The first kappa shape index (κ1) is 15.0. The molecule has 0 saturated heterocycles. The van der Waals surface area contributed by atoms with Crippen LogP contribution in [0.15, 0.2) is 72.8 Å². The second-order valence-electron chi connectivity index (χ2n) is 5.13. The second-order valence-corrected chi connectivity index (χ2v) is 6.00. The SMILES string of the molecule is Cc1cccc(N(c2ccc(Cl)cc2)c2ccc(Cl)cc2)c1. The number of hydrogen-bond acceptors (Lipinski definition) is 1. The highest BCUT2D eigenvalue weighted by atomic mass is 35.5. The third kappa shape index (κ3) is 3.27. The van der Waals surface area contributed by atoms with E-state index in [2.05, 4.69) is 36.1 Å². The Hall–Kier alpha value is -1.96. The van der Waals surface area contributed by atoms with Crippen molar-refractivity contribution in [3.8, 4) is 0 Å². The fraction of sp³-hybridized carbons (Fsp3) is 0.0526. The molecule has 0 spiro atoms. The van der Waals surface area contributed by atoms with Gasteiger partial charge in [-0.1, -0.05) is 35.3 Å². The highest BCUT2D eigenvalue weighted by Crippen LogP contribution is 2.35. The van der Waals surface area contributed by atoms with Gasteiger partial charge >= 0.3 is 0 Å². The number of aryl methyl sites for hydroxylation is 1. The molecule has 0 bridgehead atoms. The van der Waals surface area contributed by atoms with Gasteiger partial charge in [-0.05, 0) is 73.2 Å². The second kappa shape index (κ2) is 6.43. The van der Waals surface area contributed by atoms with Gasteiger partial charge in [0.1, 0.15) is 0 Å². The minimum Gasteiger partial charge on any atom is -0.310 e. The van der Waals surface area contributed by atoms with Crippen molar-refractivity contribution in [1.29, 1.82) is 0 Å². The van der Waals surface area contributed by atoms with Gasteiger partial charge in [-0.25, -0.2) is 0 Å². The number of rotatable bonds is 3. The third-order valence-electron chi connectivity index (χ3n) is 3.43. The van der Waals surface area contributed by atoms with E-state index in [9.17, 15) is 0 Å². The molecule has 110 valence electrons. The van der Waals surface area contributed by atoms with Gasteiger partial charge in [0, 0.05) is 27.1 Å². The first-order chi connectivity index (χ1) is 10.6. The summed E-state index contributed by atoms with van der Waals surface area (Å²) in [4.78, 5) is 2.18. The van der Waals surface area contributed by atoms with Gasteiger partial charge in [0.05, 0.1) is 0 Å². The summed E-state index contributed by atoms with van der Waals surface area (Å²) in [7, 11) is 0. The lowest BCUT2D eigenvalue weighted by molar-refractivity contribution is 1.27. The van der Waals surface area contributed by atoms with E-state index in [1.165, 1.54) is 5.56 Å². The lowest BCUT2D eigenvalue weighted by Gasteiger charge is -2.25. The van der Waals surface area contributed by atoms with Crippen molar-refractivity contribution >= 4 is 40.3 Å². The zero-order valence-electron chi connectivity index (χ0n) is 12.1. The van der Waals surface area contributed by atoms with Crippen LogP contribution in [0.5, 0.6) is 0 Å². The van der Waals surface area contributed by atoms with Gasteiger partial charge in [-0.15, -0.1) is 0 Å². The zero-order chi connectivity index (χ0) is 15.5. The fourth-order valence-electron chi connectivity index (χ4n) is 2.39. The Kier molecular flexibility index (Phi) is 4.37. The molecule has 0 atom stereocenters. The van der Waals surface area contributed by atoms with Crippen LogP contribution in [0.2, 0.25) is 10.0 Å². The third-order valence-corrected chi connectivity index (χ3v) is 3.93. The summed E-state index contributed by atoms with van der Waals surface area (Å²) in [5, 5.41) is 1.45. The van der Waals surface area contributed by atoms with Gasteiger partial charge in [-0.2, -0.15) is 0 Å². The van der Waals surface area contributed by atoms with E-state index < -0.39 is 0 Å². The molecule has 0 aliphatic heterocycles. The maximum atomic E-state index is 6.02. The molecule has 0 aliphatic rings. The molecule has 0 aliphatic carbocycles. The summed E-state index contributed by atoms with van der Waals surface area (Å²) in [6, 6.07) is 24.0. The van der Waals surface area contributed by atoms with E-state index in [4.69, 9.17) is 23.2 Å². The van der Waals surface area contributed by atoms with Crippen LogP contribution in [-0.4, -0.2) is 0 Å². The first-order valence-corrected chi connectivity index (χ1v) is 7.77. The van der Waals surface area contributed by atoms with Crippen LogP contribution in [0.3, 0.4) is 0 Å². The molecule has 0 amide bonds. The molecule has 0 saturated carbocycles. The molecule has 0 fully saturated rings. The van der Waals surface area contributed by atoms with Gasteiger partial charge in [0.2, 0.25) is 0 Å². The standard InChI is InChI=1S/C19H15Cl2N/c1-14-3-2-4-19(13-14)22(17-9-5-15(20)6-10-17)18-11-7-16(21)8-12-18/h2-13H,1H3. The van der Waals surface area contributed by atoms with E-state index in [0.29, 0.717) is 0 Å². The van der Waals surface area contributed by atoms with Crippen LogP contribution >= 0.6 is 23.2 Å². The Bertz CT molecular complexity index is 719. The normalized spacial score (nSPS) is 10.5. The highest BCUT2D eigenvalue weighted by Gasteiger charge is 2.12. The maximum absolute atomic E-state index is 6.02. The van der Waals surface area contributed by atoms with Crippen molar-refractivity contribution in [2.75, 3.05) is 4.90 Å². The minimum absolute atomic E-state index is 0.726. The van der Waals surface area contributed by atoms with Crippen molar-refractivity contribution in [2.45, 2.75) is 6.92 Å². The van der Waals surface area contributed by atoms with E-state index >= 15 is 0 Å². The predicted molar refractivity (Wildman–Crippen MR) is 95.9 cm³/mol. The minimum atomic E-state index is 0.726. The summed E-state index contributed by atoms with van der Waals surface area (Å²) in [6.45, 7) is 2.09. The summed E-state index contributed by atoms with van der Waals surface area (Å²) in [5.41, 5.74) is 4.42. The molecular weight excluding hydrogens is 313 g/mol. The predicted octanol–water partition coefficient (Wildman–Crippen LogP) is 6.77. The molecule has 3 heteroatoms. The number of hydrogen-bond donors (Lipinski definition) is 0. The first-order valence-electron chi connectivity index (χ1n) is 7.01. The van der Waals surface area contributed by atoms with E-state index in [1.54, 1.807) is 0 Å². The van der Waals surface area contributed by atoms with Gasteiger partial charge in [-0.3, -0.25) is 0 Å². The maximum Gasteiger partial charge on any atom is 0.0464 e. The molecule has 0 aromatic heterocycles. The molecule has 3 rings (SSSR count). The van der Waals surface area contributed by atoms with Crippen LogP contribution < -0.4 is 4.90 Å². The van der Waals surface area contributed by atoms with Crippen molar-refractivity contribution in [2.24, 2.45) is 0 Å². The molecule has 1 nitrogen and oxygen atoms in total. The van der Waals surface area contributed by atoms with Crippen LogP contribution in [0.1, 0.15) is 5.56 Å². The summed E-state index contributed by atoms with van der Waals surface area (Å²) in [5.74, 6) is 0. The van der Waals surface area contributed by atoms with Crippen LogP contribution in [0, 0.1) is 6.92 Å². The molecule has 0 unspecified atom stereocenters. The molecule has 0 heterocycles. The quantitative estimate of drug-likeness (QED) is 0.513. The van der Waals surface area contributed by atoms with Crippen molar-refractivity contribution in [3.63, 3.8) is 0 Å². The molecule has 3 aromatic carbocycles. The average Bonchev–Trinajstić information content (AvgIpc) is 2.51. The Morgan fingerprint density at radius 1 is 0.636 bits per heavy atom. The van der Waals surface area contributed by atoms with Gasteiger partial charge < -0.3 is 4.90 Å². The Morgan fingerprint density at radius 2 is 1.14 bits per heavy atom. The van der Waals surface area contributed by atoms with E-state index in [-0.39, 0.29) is 0 Å². The van der Waals surface area contributed by atoms with Crippen LogP contribution in [-0.2, 0) is 0 Å². The summed E-state index contributed by atoms with van der Waals surface area (Å²) >= 11 is 12.0. The lowest BCUT2D eigenvalue weighted by Crippen LogP contribution is -2.09. The molecule has 22 heavy (non-hydrogen) atoms. The van der Waals surface area contributed by atoms with Crippen LogP contribution in [0.25, 0.3) is 0 Å². The van der Waals surface area contributed by atoms with Gasteiger partial charge in [0.25, 0.3) is 0 Å². The largest absolute Gasteiger partial charge is 0.310 e. The van der Waals surface area contributed by atoms with Crippen molar-refractivity contribution in [3.05, 3.63) is 88.4 Å². The van der Waals surface area contributed by atoms with E-state index in [1.807, 2.05) is 48.5 Å². The molecule has 3 aromatic rings. The van der Waals surface area contributed by atoms with Crippen molar-refractivity contribution < 1.29 is 0 Å². The number of benzene rings is 3. The monoisotopic (exact) mass is 327 g/mol. The van der Waals surface area contributed by atoms with E-state index in [0.717, 1.165) is 27.1 Å². The molecule has 0 radical (unpaired) electrons. The van der Waals surface area contributed by atoms with Crippen molar-refractivity contribution in [1.82, 2.24) is 0 Å². The molecular formula is C19H15Cl2N. The summed E-state index contributed by atoms with van der Waals surface area (Å²) in [6.07, 6.45) is 0.